The highest BCUT2D eigenvalue weighted by Gasteiger charge is 2.06. The zero-order valence-corrected chi connectivity index (χ0v) is 14.2. The first-order valence-electron chi connectivity index (χ1n) is 8.35. The van der Waals surface area contributed by atoms with Crippen LogP contribution >= 0.6 is 0 Å². The molecule has 0 fully saturated rings. The van der Waals surface area contributed by atoms with Crippen molar-refractivity contribution in [2.45, 2.75) is 65.6 Å². The van der Waals surface area contributed by atoms with Gasteiger partial charge in [0.15, 0.2) is 0 Å². The van der Waals surface area contributed by atoms with Crippen molar-refractivity contribution in [3.8, 4) is 0 Å². The number of hydrogen-bond acceptors (Lipinski definition) is 2. The quantitative estimate of drug-likeness (QED) is 0.642. The molecule has 124 valence electrons. The van der Waals surface area contributed by atoms with Gasteiger partial charge in [0, 0.05) is 19.2 Å². The Morgan fingerprint density at radius 2 is 1.82 bits per heavy atom. The zero-order valence-electron chi connectivity index (χ0n) is 14.2. The van der Waals surface area contributed by atoms with Crippen LogP contribution in [0.25, 0.3) is 0 Å². The molecule has 1 aromatic carbocycles. The summed E-state index contributed by atoms with van der Waals surface area (Å²) in [6, 6.07) is 8.26. The number of carbonyl (C=O) groups is 1. The van der Waals surface area contributed by atoms with Gasteiger partial charge in [-0.1, -0.05) is 50.5 Å². The first-order chi connectivity index (χ1) is 10.7. The minimum atomic E-state index is -0.0950. The van der Waals surface area contributed by atoms with Crippen LogP contribution in [0.15, 0.2) is 24.3 Å². The molecule has 0 saturated carbocycles. The van der Waals surface area contributed by atoms with E-state index in [1.54, 1.807) is 0 Å². The smallest absolute Gasteiger partial charge is 0.315 e. The van der Waals surface area contributed by atoms with E-state index in [9.17, 15) is 4.79 Å². The van der Waals surface area contributed by atoms with Crippen molar-refractivity contribution in [1.82, 2.24) is 10.6 Å². The maximum absolute atomic E-state index is 11.8. The Balaban J connectivity index is 2.25. The number of ether oxygens (including phenoxy) is 1. The van der Waals surface area contributed by atoms with Crippen LogP contribution in [0.5, 0.6) is 0 Å². The number of urea groups is 1. The largest absolute Gasteiger partial charge is 0.377 e. The van der Waals surface area contributed by atoms with Gasteiger partial charge in [0.05, 0.1) is 6.61 Å². The van der Waals surface area contributed by atoms with Crippen molar-refractivity contribution in [3.63, 3.8) is 0 Å². The highest BCUT2D eigenvalue weighted by atomic mass is 16.5. The Bertz CT molecular complexity index is 418. The maximum atomic E-state index is 11.8. The van der Waals surface area contributed by atoms with Crippen LogP contribution in [0.3, 0.4) is 0 Å². The van der Waals surface area contributed by atoms with Crippen molar-refractivity contribution in [2.24, 2.45) is 0 Å². The SMILES string of the molecule is CCCCCC(C)NC(=O)NCc1ccc(COCC)cc1. The van der Waals surface area contributed by atoms with Crippen molar-refractivity contribution >= 4 is 6.03 Å². The molecule has 1 atom stereocenters. The fourth-order valence-corrected chi connectivity index (χ4v) is 2.20. The number of nitrogens with one attached hydrogen (secondary N) is 2. The van der Waals surface area contributed by atoms with Crippen LogP contribution in [-0.2, 0) is 17.9 Å². The number of carbonyl (C=O) groups excluding carboxylic acids is 1. The molecule has 2 amide bonds. The minimum Gasteiger partial charge on any atom is -0.377 e. The van der Waals surface area contributed by atoms with Crippen LogP contribution < -0.4 is 10.6 Å². The molecule has 0 aliphatic carbocycles. The number of unbranched alkanes of at least 4 members (excludes halogenated alkanes) is 2. The number of rotatable bonds is 10. The van der Waals surface area contributed by atoms with Gasteiger partial charge in [0.1, 0.15) is 0 Å². The summed E-state index contributed by atoms with van der Waals surface area (Å²) in [5, 5.41) is 5.88. The Hall–Kier alpha value is -1.55. The van der Waals surface area contributed by atoms with E-state index in [1.807, 2.05) is 31.2 Å². The van der Waals surface area contributed by atoms with Gasteiger partial charge >= 0.3 is 6.03 Å². The molecular weight excluding hydrogens is 276 g/mol. The second-order valence-corrected chi connectivity index (χ2v) is 5.68. The van der Waals surface area contributed by atoms with Gasteiger partial charge in [-0.05, 0) is 31.4 Å². The second-order valence-electron chi connectivity index (χ2n) is 5.68. The third kappa shape index (κ3) is 8.03. The van der Waals surface area contributed by atoms with Gasteiger partial charge in [0.25, 0.3) is 0 Å². The molecule has 0 heterocycles. The third-order valence-electron chi connectivity index (χ3n) is 3.57. The van der Waals surface area contributed by atoms with E-state index in [2.05, 4.69) is 24.5 Å². The number of hydrogen-bond donors (Lipinski definition) is 2. The van der Waals surface area contributed by atoms with Crippen molar-refractivity contribution in [1.29, 1.82) is 0 Å². The van der Waals surface area contributed by atoms with Crippen molar-refractivity contribution < 1.29 is 9.53 Å². The molecule has 0 spiro atoms. The molecule has 1 unspecified atom stereocenters. The Morgan fingerprint density at radius 1 is 1.14 bits per heavy atom. The summed E-state index contributed by atoms with van der Waals surface area (Å²) in [5.41, 5.74) is 2.24. The highest BCUT2D eigenvalue weighted by molar-refractivity contribution is 5.74. The lowest BCUT2D eigenvalue weighted by Gasteiger charge is -2.14. The van der Waals surface area contributed by atoms with Crippen LogP contribution in [0.4, 0.5) is 4.79 Å². The van der Waals surface area contributed by atoms with E-state index in [0.29, 0.717) is 13.2 Å². The monoisotopic (exact) mass is 306 g/mol. The Kier molecular flexibility index (Phi) is 9.31. The molecule has 4 nitrogen and oxygen atoms in total. The summed E-state index contributed by atoms with van der Waals surface area (Å²) in [5.74, 6) is 0. The highest BCUT2D eigenvalue weighted by Crippen LogP contribution is 2.06. The zero-order chi connectivity index (χ0) is 16.2. The standard InChI is InChI=1S/C18H30N2O2/c1-4-6-7-8-15(3)20-18(21)19-13-16-9-11-17(12-10-16)14-22-5-2/h9-12,15H,4-8,13-14H2,1-3H3,(H2,19,20,21). The predicted octanol–water partition coefficient (Wildman–Crippen LogP) is 3.99. The minimum absolute atomic E-state index is 0.0950. The summed E-state index contributed by atoms with van der Waals surface area (Å²) < 4.78 is 5.36. The van der Waals surface area contributed by atoms with Gasteiger partial charge in [-0.2, -0.15) is 0 Å². The fourth-order valence-electron chi connectivity index (χ4n) is 2.20. The van der Waals surface area contributed by atoms with E-state index in [0.717, 1.165) is 24.2 Å². The maximum Gasteiger partial charge on any atom is 0.315 e. The van der Waals surface area contributed by atoms with E-state index in [-0.39, 0.29) is 12.1 Å². The lowest BCUT2D eigenvalue weighted by molar-refractivity contribution is 0.134. The molecule has 4 heteroatoms. The molecule has 0 saturated heterocycles. The molecule has 1 rings (SSSR count). The summed E-state index contributed by atoms with van der Waals surface area (Å²) >= 11 is 0. The predicted molar refractivity (Wildman–Crippen MR) is 90.7 cm³/mol. The molecule has 0 aliphatic rings. The normalized spacial score (nSPS) is 12.0. The summed E-state index contributed by atoms with van der Waals surface area (Å²) in [7, 11) is 0. The average molecular weight is 306 g/mol. The molecule has 0 bridgehead atoms. The molecular formula is C18H30N2O2. The summed E-state index contributed by atoms with van der Waals surface area (Å²) in [6.07, 6.45) is 4.63. The Labute approximate surface area is 134 Å². The molecule has 2 N–H and O–H groups in total. The first-order valence-corrected chi connectivity index (χ1v) is 8.35. The van der Waals surface area contributed by atoms with E-state index in [4.69, 9.17) is 4.74 Å². The number of amides is 2. The summed E-state index contributed by atoms with van der Waals surface area (Å²) in [4.78, 5) is 11.8. The molecule has 1 aromatic rings. The van der Waals surface area contributed by atoms with Crippen LogP contribution in [0.1, 0.15) is 57.6 Å². The van der Waals surface area contributed by atoms with Crippen LogP contribution in [0, 0.1) is 0 Å². The molecule has 22 heavy (non-hydrogen) atoms. The Morgan fingerprint density at radius 3 is 2.45 bits per heavy atom. The summed E-state index contributed by atoms with van der Waals surface area (Å²) in [6.45, 7) is 8.13. The van der Waals surface area contributed by atoms with Crippen molar-refractivity contribution in [2.75, 3.05) is 6.61 Å². The first kappa shape index (κ1) is 18.5. The van der Waals surface area contributed by atoms with Gasteiger partial charge in [-0.15, -0.1) is 0 Å². The lowest BCUT2D eigenvalue weighted by Crippen LogP contribution is -2.40. The topological polar surface area (TPSA) is 50.4 Å². The molecule has 0 radical (unpaired) electrons. The lowest BCUT2D eigenvalue weighted by atomic mass is 10.1. The van der Waals surface area contributed by atoms with E-state index >= 15 is 0 Å². The third-order valence-corrected chi connectivity index (χ3v) is 3.57. The average Bonchev–Trinajstić information content (AvgIpc) is 2.52. The van der Waals surface area contributed by atoms with Gasteiger partial charge in [-0.25, -0.2) is 4.79 Å². The van der Waals surface area contributed by atoms with E-state index < -0.39 is 0 Å². The molecule has 0 aliphatic heterocycles. The van der Waals surface area contributed by atoms with Gasteiger partial charge < -0.3 is 15.4 Å². The fraction of sp³-hybridized carbons (Fsp3) is 0.611. The van der Waals surface area contributed by atoms with Gasteiger partial charge in [-0.3, -0.25) is 0 Å². The second kappa shape index (κ2) is 11.1. The number of benzene rings is 1. The van der Waals surface area contributed by atoms with Gasteiger partial charge in [0.2, 0.25) is 0 Å². The molecule has 0 aromatic heterocycles. The van der Waals surface area contributed by atoms with Crippen LogP contribution in [-0.4, -0.2) is 18.7 Å². The van der Waals surface area contributed by atoms with Crippen molar-refractivity contribution in [3.05, 3.63) is 35.4 Å². The van der Waals surface area contributed by atoms with E-state index in [1.165, 1.54) is 19.3 Å². The van der Waals surface area contributed by atoms with Crippen LogP contribution in [0.2, 0.25) is 0 Å².